The number of carbonyl (C=O) groups excluding carboxylic acids is 1. The lowest BCUT2D eigenvalue weighted by Gasteiger charge is -2.31. The predicted octanol–water partition coefficient (Wildman–Crippen LogP) is 3.74. The van der Waals surface area contributed by atoms with Crippen LogP contribution in [0, 0.1) is 6.92 Å². The maximum atomic E-state index is 12.7. The van der Waals surface area contributed by atoms with Gasteiger partial charge in [0.1, 0.15) is 5.75 Å². The number of para-hydroxylation sites is 1. The smallest absolute Gasteiger partial charge is 0.267 e. The molecular weight excluding hydrogens is 274 g/mol. The molecule has 114 valence electrons. The first kappa shape index (κ1) is 14.6. The molecule has 0 saturated heterocycles. The Balaban J connectivity index is 1.75. The van der Waals surface area contributed by atoms with Crippen LogP contribution in [-0.2, 0) is 11.2 Å². The van der Waals surface area contributed by atoms with Gasteiger partial charge in [-0.1, -0.05) is 35.9 Å². The summed E-state index contributed by atoms with van der Waals surface area (Å²) >= 11 is 0. The third kappa shape index (κ3) is 2.98. The van der Waals surface area contributed by atoms with Crippen molar-refractivity contribution in [1.82, 2.24) is 0 Å². The molecule has 1 aliphatic rings. The number of anilines is 1. The van der Waals surface area contributed by atoms with Gasteiger partial charge in [-0.3, -0.25) is 4.79 Å². The molecule has 0 aromatic heterocycles. The molecule has 0 saturated carbocycles. The lowest BCUT2D eigenvalue weighted by atomic mass is 10.0. The van der Waals surface area contributed by atoms with Crippen molar-refractivity contribution in [1.29, 1.82) is 0 Å². The Hall–Kier alpha value is -2.29. The predicted molar refractivity (Wildman–Crippen MR) is 88.4 cm³/mol. The van der Waals surface area contributed by atoms with Crippen molar-refractivity contribution < 1.29 is 9.53 Å². The highest BCUT2D eigenvalue weighted by molar-refractivity contribution is 5.97. The van der Waals surface area contributed by atoms with Gasteiger partial charge in [-0.25, -0.2) is 0 Å². The minimum Gasteiger partial charge on any atom is -0.481 e. The number of carbonyl (C=O) groups is 1. The van der Waals surface area contributed by atoms with Crippen molar-refractivity contribution in [3.63, 3.8) is 0 Å². The molecule has 3 heteroatoms. The van der Waals surface area contributed by atoms with E-state index in [0.29, 0.717) is 0 Å². The van der Waals surface area contributed by atoms with Gasteiger partial charge in [0, 0.05) is 12.2 Å². The summed E-state index contributed by atoms with van der Waals surface area (Å²) < 4.78 is 5.81. The molecule has 1 aliphatic heterocycles. The maximum absolute atomic E-state index is 12.7. The second kappa shape index (κ2) is 6.22. The fourth-order valence-electron chi connectivity index (χ4n) is 2.85. The Morgan fingerprint density at radius 1 is 1.14 bits per heavy atom. The van der Waals surface area contributed by atoms with Crippen LogP contribution in [-0.4, -0.2) is 18.6 Å². The molecule has 0 radical (unpaired) electrons. The Morgan fingerprint density at radius 3 is 2.64 bits per heavy atom. The van der Waals surface area contributed by atoms with Crippen molar-refractivity contribution in [3.8, 4) is 5.75 Å². The second-order valence-electron chi connectivity index (χ2n) is 5.80. The summed E-state index contributed by atoms with van der Waals surface area (Å²) in [6, 6.07) is 15.9. The lowest BCUT2D eigenvalue weighted by Crippen LogP contribution is -2.43. The summed E-state index contributed by atoms with van der Waals surface area (Å²) in [7, 11) is 0. The van der Waals surface area contributed by atoms with E-state index >= 15 is 0 Å². The van der Waals surface area contributed by atoms with Gasteiger partial charge in [0.05, 0.1) is 0 Å². The molecule has 1 heterocycles. The van der Waals surface area contributed by atoms with E-state index in [2.05, 4.69) is 6.07 Å². The van der Waals surface area contributed by atoms with E-state index in [1.54, 1.807) is 0 Å². The minimum atomic E-state index is -0.492. The standard InChI is InChI=1S/C19H21NO2/c1-14-9-11-17(12-10-14)22-15(2)19(21)20-13-5-7-16-6-3-4-8-18(16)20/h3-4,6,8-12,15H,5,7,13H2,1-2H3/t15-/m0/s1. The number of fused-ring (bicyclic) bond motifs is 1. The van der Waals surface area contributed by atoms with Gasteiger partial charge < -0.3 is 9.64 Å². The van der Waals surface area contributed by atoms with E-state index in [9.17, 15) is 4.79 Å². The van der Waals surface area contributed by atoms with E-state index < -0.39 is 6.10 Å². The first-order valence-electron chi connectivity index (χ1n) is 7.78. The number of ether oxygens (including phenoxy) is 1. The van der Waals surface area contributed by atoms with Crippen molar-refractivity contribution in [2.24, 2.45) is 0 Å². The van der Waals surface area contributed by atoms with Gasteiger partial charge in [0.2, 0.25) is 0 Å². The molecule has 1 atom stereocenters. The van der Waals surface area contributed by atoms with Crippen LogP contribution in [0.2, 0.25) is 0 Å². The highest BCUT2D eigenvalue weighted by Crippen LogP contribution is 2.27. The normalized spacial score (nSPS) is 15.1. The van der Waals surface area contributed by atoms with E-state index in [0.717, 1.165) is 30.8 Å². The Morgan fingerprint density at radius 2 is 1.86 bits per heavy atom. The van der Waals surface area contributed by atoms with Gasteiger partial charge in [-0.05, 0) is 50.5 Å². The third-order valence-electron chi connectivity index (χ3n) is 4.06. The summed E-state index contributed by atoms with van der Waals surface area (Å²) in [5.41, 5.74) is 3.44. The summed E-state index contributed by atoms with van der Waals surface area (Å²) in [4.78, 5) is 14.6. The highest BCUT2D eigenvalue weighted by atomic mass is 16.5. The number of benzene rings is 2. The Bertz CT molecular complexity index is 663. The number of hydrogen-bond acceptors (Lipinski definition) is 2. The zero-order valence-corrected chi connectivity index (χ0v) is 13.1. The van der Waals surface area contributed by atoms with Crippen LogP contribution in [0.1, 0.15) is 24.5 Å². The number of aryl methyl sites for hydroxylation is 2. The van der Waals surface area contributed by atoms with Gasteiger partial charge in [0.15, 0.2) is 6.10 Å². The Kier molecular flexibility index (Phi) is 4.14. The molecule has 3 rings (SSSR count). The molecule has 0 bridgehead atoms. The van der Waals surface area contributed by atoms with Gasteiger partial charge >= 0.3 is 0 Å². The molecule has 0 unspecified atom stereocenters. The van der Waals surface area contributed by atoms with Crippen LogP contribution >= 0.6 is 0 Å². The van der Waals surface area contributed by atoms with Crippen LogP contribution in [0.4, 0.5) is 5.69 Å². The Labute approximate surface area is 131 Å². The number of amides is 1. The molecule has 1 amide bonds. The molecule has 2 aromatic rings. The maximum Gasteiger partial charge on any atom is 0.267 e. The van der Waals surface area contributed by atoms with Crippen LogP contribution in [0.5, 0.6) is 5.75 Å². The van der Waals surface area contributed by atoms with Crippen molar-refractivity contribution in [2.75, 3.05) is 11.4 Å². The van der Waals surface area contributed by atoms with Crippen LogP contribution in [0.3, 0.4) is 0 Å². The fraction of sp³-hybridized carbons (Fsp3) is 0.316. The first-order valence-corrected chi connectivity index (χ1v) is 7.78. The molecule has 0 aliphatic carbocycles. The quantitative estimate of drug-likeness (QED) is 0.863. The molecule has 0 fully saturated rings. The largest absolute Gasteiger partial charge is 0.481 e. The van der Waals surface area contributed by atoms with Crippen molar-refractivity contribution in [2.45, 2.75) is 32.8 Å². The second-order valence-corrected chi connectivity index (χ2v) is 5.80. The van der Waals surface area contributed by atoms with Gasteiger partial charge in [0.25, 0.3) is 5.91 Å². The number of hydrogen-bond donors (Lipinski definition) is 0. The van der Waals surface area contributed by atoms with E-state index in [4.69, 9.17) is 4.74 Å². The zero-order chi connectivity index (χ0) is 15.5. The fourth-order valence-corrected chi connectivity index (χ4v) is 2.85. The molecular formula is C19H21NO2. The number of rotatable bonds is 3. The zero-order valence-electron chi connectivity index (χ0n) is 13.1. The van der Waals surface area contributed by atoms with Gasteiger partial charge in [-0.15, -0.1) is 0 Å². The van der Waals surface area contributed by atoms with Crippen LogP contribution < -0.4 is 9.64 Å². The van der Waals surface area contributed by atoms with Gasteiger partial charge in [-0.2, -0.15) is 0 Å². The lowest BCUT2D eigenvalue weighted by molar-refractivity contribution is -0.124. The minimum absolute atomic E-state index is 0.0210. The van der Waals surface area contributed by atoms with E-state index in [-0.39, 0.29) is 5.91 Å². The average Bonchev–Trinajstić information content (AvgIpc) is 2.55. The summed E-state index contributed by atoms with van der Waals surface area (Å²) in [6.45, 7) is 4.61. The summed E-state index contributed by atoms with van der Waals surface area (Å²) in [5.74, 6) is 0.754. The van der Waals surface area contributed by atoms with E-state index in [1.807, 2.05) is 61.2 Å². The number of nitrogens with zero attached hydrogens (tertiary/aromatic N) is 1. The monoisotopic (exact) mass is 295 g/mol. The molecule has 22 heavy (non-hydrogen) atoms. The summed E-state index contributed by atoms with van der Waals surface area (Å²) in [5, 5.41) is 0. The molecule has 0 N–H and O–H groups in total. The average molecular weight is 295 g/mol. The third-order valence-corrected chi connectivity index (χ3v) is 4.06. The van der Waals surface area contributed by atoms with Crippen LogP contribution in [0.15, 0.2) is 48.5 Å². The SMILES string of the molecule is Cc1ccc(O[C@@H](C)C(=O)N2CCCc3ccccc32)cc1. The molecule has 3 nitrogen and oxygen atoms in total. The summed E-state index contributed by atoms with van der Waals surface area (Å²) in [6.07, 6.45) is 1.54. The van der Waals surface area contributed by atoms with Crippen molar-refractivity contribution in [3.05, 3.63) is 59.7 Å². The molecule has 2 aromatic carbocycles. The first-order chi connectivity index (χ1) is 10.6. The van der Waals surface area contributed by atoms with E-state index in [1.165, 1.54) is 11.1 Å². The van der Waals surface area contributed by atoms with Crippen LogP contribution in [0.25, 0.3) is 0 Å². The molecule has 0 spiro atoms. The topological polar surface area (TPSA) is 29.5 Å². The highest BCUT2D eigenvalue weighted by Gasteiger charge is 2.27. The van der Waals surface area contributed by atoms with Crippen molar-refractivity contribution >= 4 is 11.6 Å².